The molecule has 0 bridgehead atoms. The van der Waals surface area contributed by atoms with E-state index in [1.807, 2.05) is 0 Å². The smallest absolute Gasteiger partial charge is 0.331 e. The Kier molecular flexibility index (Phi) is 6.30. The molecule has 144 valence electrons. The zero-order chi connectivity index (χ0) is 19.7. The van der Waals surface area contributed by atoms with Gasteiger partial charge in [0.05, 0.1) is 6.10 Å². The number of carboxylic acid groups (broad SMARTS) is 1. The highest BCUT2D eigenvalue weighted by Crippen LogP contribution is 2.39. The molecule has 1 aliphatic heterocycles. The summed E-state index contributed by atoms with van der Waals surface area (Å²) in [6.45, 7) is 16.7. The van der Waals surface area contributed by atoms with Crippen molar-refractivity contribution < 1.29 is 23.9 Å². The monoisotopic (exact) mass is 371 g/mol. The van der Waals surface area contributed by atoms with Gasteiger partial charge >= 0.3 is 11.9 Å². The van der Waals surface area contributed by atoms with E-state index in [4.69, 9.17) is 14.3 Å². The van der Waals surface area contributed by atoms with E-state index >= 15 is 0 Å². The maximum absolute atomic E-state index is 12.7. The largest absolute Gasteiger partial charge is 0.478 e. The lowest BCUT2D eigenvalue weighted by Crippen LogP contribution is -2.49. The topological polar surface area (TPSA) is 84.9 Å². The highest BCUT2D eigenvalue weighted by molar-refractivity contribution is 6.74. The molecule has 1 rings (SSSR count). The Hall–Kier alpha value is -1.18. The van der Waals surface area contributed by atoms with Gasteiger partial charge in [-0.25, -0.2) is 9.59 Å². The number of hydrogen-bond donors (Lipinski definition) is 2. The third-order valence-electron chi connectivity index (χ3n) is 4.74. The maximum atomic E-state index is 12.7. The van der Waals surface area contributed by atoms with E-state index < -0.39 is 31.4 Å². The second-order valence-electron chi connectivity index (χ2n) is 9.23. The molecule has 0 aromatic carbocycles. The van der Waals surface area contributed by atoms with E-state index in [-0.39, 0.29) is 11.1 Å². The van der Waals surface area contributed by atoms with Crippen LogP contribution in [-0.4, -0.2) is 49.2 Å². The molecule has 1 aliphatic rings. The first-order valence-electron chi connectivity index (χ1n) is 8.66. The number of hydrogen-bond acceptors (Lipinski definition) is 5. The number of nitrogens with one attached hydrogen (secondary N) is 1. The maximum Gasteiger partial charge on any atom is 0.331 e. The Bertz CT molecular complexity index is 545. The van der Waals surface area contributed by atoms with Crippen molar-refractivity contribution in [3.05, 3.63) is 12.2 Å². The molecule has 0 radical (unpaired) electrons. The highest BCUT2D eigenvalue weighted by Gasteiger charge is 2.49. The Morgan fingerprint density at radius 2 is 1.76 bits per heavy atom. The molecule has 6 nitrogen and oxygen atoms in total. The summed E-state index contributed by atoms with van der Waals surface area (Å²) >= 11 is 0. The van der Waals surface area contributed by atoms with Crippen molar-refractivity contribution in [1.82, 2.24) is 5.32 Å². The summed E-state index contributed by atoms with van der Waals surface area (Å²) in [5, 5.41) is 12.2. The molecule has 0 amide bonds. The molecule has 1 fully saturated rings. The molecule has 25 heavy (non-hydrogen) atoms. The van der Waals surface area contributed by atoms with Crippen LogP contribution in [0.1, 0.15) is 48.0 Å². The molecule has 1 saturated heterocycles. The van der Waals surface area contributed by atoms with Crippen molar-refractivity contribution in [2.24, 2.45) is 0 Å². The summed E-state index contributed by atoms with van der Waals surface area (Å²) in [5.41, 5.74) is -1.82. The van der Waals surface area contributed by atoms with Crippen LogP contribution in [0.4, 0.5) is 0 Å². The lowest BCUT2D eigenvalue weighted by atomic mass is 9.95. The van der Waals surface area contributed by atoms with Crippen LogP contribution in [-0.2, 0) is 18.8 Å². The van der Waals surface area contributed by atoms with Crippen LogP contribution >= 0.6 is 0 Å². The second-order valence-corrected chi connectivity index (χ2v) is 14.0. The fraction of sp³-hybridized carbons (Fsp3) is 0.778. The molecule has 0 aromatic heterocycles. The Morgan fingerprint density at radius 3 is 2.20 bits per heavy atom. The molecular weight excluding hydrogens is 338 g/mol. The third-order valence-corrected chi connectivity index (χ3v) is 9.27. The van der Waals surface area contributed by atoms with Gasteiger partial charge in [0.15, 0.2) is 8.32 Å². The van der Waals surface area contributed by atoms with Gasteiger partial charge in [0, 0.05) is 19.0 Å². The van der Waals surface area contributed by atoms with Gasteiger partial charge in [-0.2, -0.15) is 0 Å². The molecule has 0 aliphatic carbocycles. The van der Waals surface area contributed by atoms with E-state index in [0.717, 1.165) is 6.08 Å². The molecule has 1 heterocycles. The van der Waals surface area contributed by atoms with Gasteiger partial charge in [-0.3, -0.25) is 5.32 Å². The first-order chi connectivity index (χ1) is 11.1. The van der Waals surface area contributed by atoms with E-state index in [1.165, 1.54) is 6.08 Å². The summed E-state index contributed by atoms with van der Waals surface area (Å²) in [6.07, 6.45) is 2.58. The van der Waals surface area contributed by atoms with Crippen LogP contribution < -0.4 is 5.32 Å². The number of ether oxygens (including phenoxy) is 1. The minimum absolute atomic E-state index is 0.0566. The van der Waals surface area contributed by atoms with Gasteiger partial charge in [0.25, 0.3) is 0 Å². The van der Waals surface area contributed by atoms with E-state index in [1.54, 1.807) is 20.8 Å². The summed E-state index contributed by atoms with van der Waals surface area (Å²) < 4.78 is 11.9. The summed E-state index contributed by atoms with van der Waals surface area (Å²) in [6, 6.07) is 0. The van der Waals surface area contributed by atoms with Gasteiger partial charge in [-0.1, -0.05) is 20.8 Å². The minimum Gasteiger partial charge on any atom is -0.478 e. The normalized spacial score (nSPS) is 25.4. The van der Waals surface area contributed by atoms with Crippen molar-refractivity contribution in [3.63, 3.8) is 0 Å². The molecule has 7 heteroatoms. The number of carbonyl (C=O) groups is 2. The SMILES string of the molecule is CC(C)(C)OC(=O)[C@@]1(C=CC(=O)O)C[C@@H](O[Si](C)(C)C(C)(C)C)CN1. The highest BCUT2D eigenvalue weighted by atomic mass is 28.4. The van der Waals surface area contributed by atoms with Crippen LogP contribution in [0.3, 0.4) is 0 Å². The van der Waals surface area contributed by atoms with Crippen molar-refractivity contribution in [1.29, 1.82) is 0 Å². The molecule has 0 unspecified atom stereocenters. The zero-order valence-corrected chi connectivity index (χ0v) is 17.7. The molecule has 0 spiro atoms. The predicted octanol–water partition coefficient (Wildman–Crippen LogP) is 3.09. The molecular formula is C18H33NO5Si. The number of rotatable bonds is 5. The average molecular weight is 372 g/mol. The lowest BCUT2D eigenvalue weighted by molar-refractivity contribution is -0.160. The van der Waals surface area contributed by atoms with Crippen LogP contribution in [0.5, 0.6) is 0 Å². The van der Waals surface area contributed by atoms with E-state index in [9.17, 15) is 9.59 Å². The minimum atomic E-state index is -1.99. The summed E-state index contributed by atoms with van der Waals surface area (Å²) in [5.74, 6) is -1.57. The number of aliphatic carboxylic acids is 1. The third kappa shape index (κ3) is 5.93. The summed E-state index contributed by atoms with van der Waals surface area (Å²) in [7, 11) is -1.99. The van der Waals surface area contributed by atoms with Gasteiger partial charge in [0.1, 0.15) is 11.1 Å². The number of esters is 1. The lowest BCUT2D eigenvalue weighted by Gasteiger charge is -2.38. The predicted molar refractivity (Wildman–Crippen MR) is 100 cm³/mol. The quantitative estimate of drug-likeness (QED) is 0.439. The van der Waals surface area contributed by atoms with Crippen molar-refractivity contribution in [2.45, 2.75) is 83.3 Å². The van der Waals surface area contributed by atoms with Crippen molar-refractivity contribution >= 4 is 20.3 Å². The average Bonchev–Trinajstić information content (AvgIpc) is 2.77. The molecule has 2 N–H and O–H groups in total. The molecule has 0 aromatic rings. The van der Waals surface area contributed by atoms with Crippen molar-refractivity contribution in [3.8, 4) is 0 Å². The van der Waals surface area contributed by atoms with Crippen LogP contribution in [0.2, 0.25) is 18.1 Å². The van der Waals surface area contributed by atoms with Gasteiger partial charge in [-0.05, 0) is 45.0 Å². The van der Waals surface area contributed by atoms with Crippen LogP contribution in [0.15, 0.2) is 12.2 Å². The standard InChI is InChI=1S/C18H33NO5Si/c1-16(2,3)23-15(22)18(10-9-14(20)21)11-13(12-19-18)24-25(7,8)17(4,5)6/h9-10,13,19H,11-12H2,1-8H3,(H,20,21)/t13-,18-/m1/s1. The van der Waals surface area contributed by atoms with Crippen molar-refractivity contribution in [2.75, 3.05) is 6.54 Å². The first-order valence-corrected chi connectivity index (χ1v) is 11.6. The fourth-order valence-electron chi connectivity index (χ4n) is 2.41. The van der Waals surface area contributed by atoms with Gasteiger partial charge in [0.2, 0.25) is 0 Å². The second kappa shape index (κ2) is 7.21. The van der Waals surface area contributed by atoms with E-state index in [0.29, 0.717) is 13.0 Å². The first kappa shape index (κ1) is 21.9. The summed E-state index contributed by atoms with van der Waals surface area (Å²) in [4.78, 5) is 23.7. The molecule has 2 atom stereocenters. The fourth-order valence-corrected chi connectivity index (χ4v) is 3.76. The zero-order valence-electron chi connectivity index (χ0n) is 16.7. The Balaban J connectivity index is 3.02. The van der Waals surface area contributed by atoms with Crippen LogP contribution in [0, 0.1) is 0 Å². The molecule has 0 saturated carbocycles. The Labute approximate surface area is 152 Å². The number of carbonyl (C=O) groups excluding carboxylic acids is 1. The van der Waals surface area contributed by atoms with E-state index in [2.05, 4.69) is 39.2 Å². The van der Waals surface area contributed by atoms with Crippen LogP contribution in [0.25, 0.3) is 0 Å². The van der Waals surface area contributed by atoms with Gasteiger partial charge < -0.3 is 14.3 Å². The van der Waals surface area contributed by atoms with Gasteiger partial charge in [-0.15, -0.1) is 0 Å². The Morgan fingerprint density at radius 1 is 1.20 bits per heavy atom. The number of carboxylic acids is 1.